The molecule has 0 spiro atoms. The van der Waals surface area contributed by atoms with Crippen LogP contribution in [0.25, 0.3) is 0 Å². The number of carbonyl (C=O) groups excluding carboxylic acids is 2. The van der Waals surface area contributed by atoms with Gasteiger partial charge in [-0.1, -0.05) is 64.1 Å². The molecule has 1 aromatic rings. The summed E-state index contributed by atoms with van der Waals surface area (Å²) in [4.78, 5) is 27.2. The lowest BCUT2D eigenvalue weighted by atomic mass is 9.95. The highest BCUT2D eigenvalue weighted by molar-refractivity contribution is 6.74. The molecule has 1 aromatic carbocycles. The van der Waals surface area contributed by atoms with Crippen molar-refractivity contribution in [3.8, 4) is 0 Å². The standard InChI is InChI=1S/C26H41NO5Si/c1-9-13-22(32-33(7,8)26(3,4)5)17-23(30-6)19(2)24(28)27-21(18-31-25(27)29)16-20-14-11-10-12-15-20/h9-12,14-15,19,21-23H,1,13,16-18H2,2-8H3/t19-,21-,22-,23+/m1/s1. The van der Waals surface area contributed by atoms with Crippen molar-refractivity contribution in [1.82, 2.24) is 4.90 Å². The van der Waals surface area contributed by atoms with Gasteiger partial charge < -0.3 is 13.9 Å². The van der Waals surface area contributed by atoms with Crippen LogP contribution in [-0.2, 0) is 25.1 Å². The second kappa shape index (κ2) is 11.4. The van der Waals surface area contributed by atoms with Crippen molar-refractivity contribution in [2.75, 3.05) is 13.7 Å². The van der Waals surface area contributed by atoms with Gasteiger partial charge >= 0.3 is 6.09 Å². The third-order valence-corrected chi connectivity index (χ3v) is 11.5. The number of rotatable bonds is 11. The van der Waals surface area contributed by atoms with Crippen LogP contribution in [0.5, 0.6) is 0 Å². The van der Waals surface area contributed by atoms with Crippen LogP contribution in [0.2, 0.25) is 18.1 Å². The normalized spacial score (nSPS) is 19.7. The average Bonchev–Trinajstić information content (AvgIpc) is 3.10. The molecule has 0 N–H and O–H groups in total. The Morgan fingerprint density at radius 2 is 1.94 bits per heavy atom. The summed E-state index contributed by atoms with van der Waals surface area (Å²) in [6.07, 6.45) is 2.57. The molecule has 2 amide bonds. The number of carbonyl (C=O) groups is 2. The van der Waals surface area contributed by atoms with E-state index in [1.54, 1.807) is 7.11 Å². The molecular formula is C26H41NO5Si. The summed E-state index contributed by atoms with van der Waals surface area (Å²) in [6.45, 7) is 17.0. The highest BCUT2D eigenvalue weighted by Crippen LogP contribution is 2.38. The van der Waals surface area contributed by atoms with E-state index in [1.165, 1.54) is 4.90 Å². The summed E-state index contributed by atoms with van der Waals surface area (Å²) in [7, 11) is -0.404. The summed E-state index contributed by atoms with van der Waals surface area (Å²) in [5, 5.41) is 0.0698. The van der Waals surface area contributed by atoms with Gasteiger partial charge in [0, 0.05) is 7.11 Å². The third kappa shape index (κ3) is 7.01. The van der Waals surface area contributed by atoms with E-state index in [2.05, 4.69) is 40.4 Å². The van der Waals surface area contributed by atoms with Crippen molar-refractivity contribution in [2.45, 2.75) is 83.3 Å². The molecule has 1 heterocycles. The maximum Gasteiger partial charge on any atom is 0.416 e. The molecule has 0 unspecified atom stereocenters. The van der Waals surface area contributed by atoms with Crippen molar-refractivity contribution in [3.05, 3.63) is 48.6 Å². The maximum atomic E-state index is 13.4. The lowest BCUT2D eigenvalue weighted by molar-refractivity contribution is -0.138. The molecule has 0 bridgehead atoms. The fourth-order valence-electron chi connectivity index (χ4n) is 3.88. The average molecular weight is 476 g/mol. The Bertz CT molecular complexity index is 805. The van der Waals surface area contributed by atoms with E-state index in [0.29, 0.717) is 19.3 Å². The zero-order valence-electron chi connectivity index (χ0n) is 21.3. The van der Waals surface area contributed by atoms with Gasteiger partial charge in [0.25, 0.3) is 0 Å². The first-order valence-corrected chi connectivity index (χ1v) is 14.7. The molecule has 1 fully saturated rings. The van der Waals surface area contributed by atoms with Gasteiger partial charge in [-0.25, -0.2) is 9.69 Å². The Kier molecular flexibility index (Phi) is 9.46. The van der Waals surface area contributed by atoms with Crippen molar-refractivity contribution >= 4 is 20.3 Å². The van der Waals surface area contributed by atoms with Crippen LogP contribution in [-0.4, -0.2) is 57.2 Å². The Balaban J connectivity index is 2.14. The molecular weight excluding hydrogens is 434 g/mol. The molecule has 1 aliphatic rings. The highest BCUT2D eigenvalue weighted by atomic mass is 28.4. The van der Waals surface area contributed by atoms with Crippen molar-refractivity contribution in [3.63, 3.8) is 0 Å². The van der Waals surface area contributed by atoms with E-state index in [-0.39, 0.29) is 29.7 Å². The van der Waals surface area contributed by atoms with Gasteiger partial charge in [-0.15, -0.1) is 6.58 Å². The molecule has 4 atom stereocenters. The number of imide groups is 1. The smallest absolute Gasteiger partial charge is 0.416 e. The first-order chi connectivity index (χ1) is 15.4. The number of amides is 2. The third-order valence-electron chi connectivity index (χ3n) is 6.95. The van der Waals surface area contributed by atoms with E-state index in [9.17, 15) is 9.59 Å². The topological polar surface area (TPSA) is 65.1 Å². The fourth-order valence-corrected chi connectivity index (χ4v) is 5.26. The lowest BCUT2D eigenvalue weighted by Crippen LogP contribution is -2.48. The van der Waals surface area contributed by atoms with Gasteiger partial charge in [0.2, 0.25) is 5.91 Å². The molecule has 2 rings (SSSR count). The summed E-state index contributed by atoms with van der Waals surface area (Å²) >= 11 is 0. The molecule has 0 radical (unpaired) electrons. The van der Waals surface area contributed by atoms with Crippen molar-refractivity contribution in [1.29, 1.82) is 0 Å². The zero-order chi connectivity index (χ0) is 24.8. The quantitative estimate of drug-likeness (QED) is 0.309. The minimum absolute atomic E-state index is 0.0698. The molecule has 0 aromatic heterocycles. The fraction of sp³-hybridized carbons (Fsp3) is 0.615. The molecule has 0 saturated carbocycles. The van der Waals surface area contributed by atoms with Crippen LogP contribution in [0.4, 0.5) is 4.79 Å². The Hall–Kier alpha value is -1.96. The minimum atomic E-state index is -2.01. The minimum Gasteiger partial charge on any atom is -0.447 e. The van der Waals surface area contributed by atoms with Crippen LogP contribution >= 0.6 is 0 Å². The van der Waals surface area contributed by atoms with Crippen LogP contribution in [0.1, 0.15) is 46.1 Å². The first kappa shape index (κ1) is 27.3. The number of ether oxygens (including phenoxy) is 2. The molecule has 33 heavy (non-hydrogen) atoms. The van der Waals surface area contributed by atoms with E-state index in [4.69, 9.17) is 13.9 Å². The zero-order valence-corrected chi connectivity index (χ0v) is 22.3. The van der Waals surface area contributed by atoms with E-state index < -0.39 is 26.4 Å². The molecule has 6 nitrogen and oxygen atoms in total. The number of methoxy groups -OCH3 is 1. The Morgan fingerprint density at radius 3 is 2.48 bits per heavy atom. The number of hydrogen-bond acceptors (Lipinski definition) is 5. The largest absolute Gasteiger partial charge is 0.447 e. The van der Waals surface area contributed by atoms with Gasteiger partial charge in [-0.2, -0.15) is 0 Å². The predicted octanol–water partition coefficient (Wildman–Crippen LogP) is 5.58. The molecule has 1 aliphatic heterocycles. The van der Waals surface area contributed by atoms with Crippen LogP contribution in [0.3, 0.4) is 0 Å². The monoisotopic (exact) mass is 475 g/mol. The molecule has 1 saturated heterocycles. The van der Waals surface area contributed by atoms with E-state index in [0.717, 1.165) is 5.56 Å². The maximum absolute atomic E-state index is 13.4. The van der Waals surface area contributed by atoms with Crippen LogP contribution in [0.15, 0.2) is 43.0 Å². The van der Waals surface area contributed by atoms with Gasteiger partial charge in [-0.3, -0.25) is 4.79 Å². The van der Waals surface area contributed by atoms with E-state index in [1.807, 2.05) is 43.3 Å². The summed E-state index contributed by atoms with van der Waals surface area (Å²) in [6, 6.07) is 9.50. The van der Waals surface area contributed by atoms with Crippen molar-refractivity contribution in [2.24, 2.45) is 5.92 Å². The van der Waals surface area contributed by atoms with E-state index >= 15 is 0 Å². The van der Waals surface area contributed by atoms with Crippen molar-refractivity contribution < 1.29 is 23.5 Å². The number of nitrogens with zero attached hydrogens (tertiary/aromatic N) is 1. The summed E-state index contributed by atoms with van der Waals surface area (Å²) in [5.41, 5.74) is 1.06. The predicted molar refractivity (Wildman–Crippen MR) is 134 cm³/mol. The SMILES string of the molecule is C=CC[C@H](C[C@H](OC)[C@@H](C)C(=O)N1C(=O)OC[C@H]1Cc1ccccc1)O[Si](C)(C)C(C)(C)C. The van der Waals surface area contributed by atoms with Gasteiger partial charge in [0.1, 0.15) is 6.61 Å². The second-order valence-electron chi connectivity index (χ2n) is 10.5. The Morgan fingerprint density at radius 1 is 1.30 bits per heavy atom. The molecule has 7 heteroatoms. The number of cyclic esters (lactones) is 1. The van der Waals surface area contributed by atoms with Crippen LogP contribution in [0, 0.1) is 5.92 Å². The first-order valence-electron chi connectivity index (χ1n) is 11.8. The summed E-state index contributed by atoms with van der Waals surface area (Å²) < 4.78 is 17.6. The van der Waals surface area contributed by atoms with Crippen LogP contribution < -0.4 is 0 Å². The molecule has 0 aliphatic carbocycles. The van der Waals surface area contributed by atoms with Gasteiger partial charge in [0.05, 0.1) is 24.2 Å². The second-order valence-corrected chi connectivity index (χ2v) is 15.2. The number of hydrogen-bond donors (Lipinski definition) is 0. The van der Waals surface area contributed by atoms with Gasteiger partial charge in [-0.05, 0) is 43.0 Å². The molecule has 184 valence electrons. The summed E-state index contributed by atoms with van der Waals surface area (Å²) in [5.74, 6) is -0.788. The lowest BCUT2D eigenvalue weighted by Gasteiger charge is -2.40. The van der Waals surface area contributed by atoms with Gasteiger partial charge in [0.15, 0.2) is 8.32 Å². The Labute approximate surface area is 200 Å². The number of benzene rings is 1. The highest BCUT2D eigenvalue weighted by Gasteiger charge is 2.43.